The lowest BCUT2D eigenvalue weighted by atomic mass is 9.67. The molecule has 2 nitrogen and oxygen atoms in total. The second kappa shape index (κ2) is 14.8. The van der Waals surface area contributed by atoms with Gasteiger partial charge in [-0.1, -0.05) is 194 Å². The summed E-state index contributed by atoms with van der Waals surface area (Å²) in [6.07, 6.45) is 0. The maximum Gasteiger partial charge on any atom is 0.143 e. The average Bonchev–Trinajstić information content (AvgIpc) is 3.91. The molecule has 0 radical (unpaired) electrons. The van der Waals surface area contributed by atoms with Crippen molar-refractivity contribution in [2.24, 2.45) is 0 Å². The first-order chi connectivity index (χ1) is 32.2. The molecule has 2 heteroatoms. The molecular formula is C63H41NO. The Balaban J connectivity index is 1.04. The standard InChI is InChI=1S/C63H41NO/c1-3-21-48(22-4-1)63(49-23-5-2-6-24-49)58-30-12-11-28-55(58)56-37-35-52(41-59(56)63)64(50-25-13-19-45(39-50)46-33-32-42-16-7-8-18-44(42)38-46)51-26-14-20-47(40-51)53-29-15-31-60-61(53)57-36-34-43-17-9-10-27-54(43)62(57)65-60/h1-41H. The van der Waals surface area contributed by atoms with Crippen LogP contribution in [-0.2, 0) is 5.41 Å². The summed E-state index contributed by atoms with van der Waals surface area (Å²) in [5.41, 5.74) is 16.7. The number of fused-ring (bicyclic) bond motifs is 9. The molecule has 0 atom stereocenters. The van der Waals surface area contributed by atoms with E-state index in [0.717, 1.165) is 61.1 Å². The maximum absolute atomic E-state index is 6.68. The molecule has 0 unspecified atom stereocenters. The van der Waals surface area contributed by atoms with Gasteiger partial charge in [0.2, 0.25) is 0 Å². The maximum atomic E-state index is 6.68. The predicted octanol–water partition coefficient (Wildman–Crippen LogP) is 17.1. The topological polar surface area (TPSA) is 16.4 Å². The molecule has 1 aliphatic carbocycles. The van der Waals surface area contributed by atoms with E-state index < -0.39 is 5.41 Å². The summed E-state index contributed by atoms with van der Waals surface area (Å²) in [6, 6.07) is 91.0. The van der Waals surface area contributed by atoms with Gasteiger partial charge in [-0.3, -0.25) is 0 Å². The van der Waals surface area contributed by atoms with Crippen molar-refractivity contribution in [3.05, 3.63) is 271 Å². The molecule has 11 aromatic carbocycles. The van der Waals surface area contributed by atoms with Crippen molar-refractivity contribution in [3.63, 3.8) is 0 Å². The first kappa shape index (κ1) is 37.1. The quantitative estimate of drug-likeness (QED) is 0.159. The van der Waals surface area contributed by atoms with E-state index in [-0.39, 0.29) is 0 Å². The molecule has 0 spiro atoms. The highest BCUT2D eigenvalue weighted by atomic mass is 16.3. The number of rotatable bonds is 7. The summed E-state index contributed by atoms with van der Waals surface area (Å²) in [6.45, 7) is 0. The Bertz CT molecular complexity index is 3750. The van der Waals surface area contributed by atoms with Crippen LogP contribution in [0.1, 0.15) is 22.3 Å². The van der Waals surface area contributed by atoms with Crippen molar-refractivity contribution in [2.45, 2.75) is 5.41 Å². The van der Waals surface area contributed by atoms with Gasteiger partial charge in [0.05, 0.1) is 5.41 Å². The molecule has 65 heavy (non-hydrogen) atoms. The van der Waals surface area contributed by atoms with Gasteiger partial charge in [-0.15, -0.1) is 0 Å². The molecule has 12 aromatic rings. The van der Waals surface area contributed by atoms with E-state index in [4.69, 9.17) is 4.42 Å². The minimum atomic E-state index is -0.535. The second-order valence-electron chi connectivity index (χ2n) is 17.2. The minimum Gasteiger partial charge on any atom is -0.455 e. The van der Waals surface area contributed by atoms with Crippen molar-refractivity contribution in [3.8, 4) is 33.4 Å². The lowest BCUT2D eigenvalue weighted by Crippen LogP contribution is -2.28. The van der Waals surface area contributed by atoms with Crippen molar-refractivity contribution in [1.82, 2.24) is 0 Å². The molecule has 0 saturated carbocycles. The summed E-state index contributed by atoms with van der Waals surface area (Å²) >= 11 is 0. The monoisotopic (exact) mass is 827 g/mol. The highest BCUT2D eigenvalue weighted by Crippen LogP contribution is 2.57. The van der Waals surface area contributed by atoms with Crippen LogP contribution >= 0.6 is 0 Å². The number of nitrogens with zero attached hydrogens (tertiary/aromatic N) is 1. The molecule has 0 saturated heterocycles. The number of hydrogen-bond donors (Lipinski definition) is 0. The molecule has 1 aliphatic rings. The Kier molecular flexibility index (Phi) is 8.47. The van der Waals surface area contributed by atoms with Gasteiger partial charge in [0.1, 0.15) is 11.2 Å². The van der Waals surface area contributed by atoms with Crippen LogP contribution in [0.15, 0.2) is 253 Å². The average molecular weight is 828 g/mol. The Morgan fingerprint density at radius 2 is 0.908 bits per heavy atom. The summed E-state index contributed by atoms with van der Waals surface area (Å²) < 4.78 is 6.68. The molecule has 0 N–H and O–H groups in total. The number of furan rings is 1. The fraction of sp³-hybridized carbons (Fsp3) is 0.0159. The fourth-order valence-corrected chi connectivity index (χ4v) is 10.8. The van der Waals surface area contributed by atoms with E-state index in [2.05, 4.69) is 254 Å². The van der Waals surface area contributed by atoms with Crippen LogP contribution in [0.5, 0.6) is 0 Å². The largest absolute Gasteiger partial charge is 0.455 e. The van der Waals surface area contributed by atoms with Gasteiger partial charge in [-0.25, -0.2) is 0 Å². The van der Waals surface area contributed by atoms with Gasteiger partial charge in [-0.2, -0.15) is 0 Å². The highest BCUT2D eigenvalue weighted by Gasteiger charge is 2.46. The van der Waals surface area contributed by atoms with Gasteiger partial charge >= 0.3 is 0 Å². The summed E-state index contributed by atoms with van der Waals surface area (Å²) in [4.78, 5) is 2.44. The molecular weight excluding hydrogens is 787 g/mol. The van der Waals surface area contributed by atoms with E-state index in [1.807, 2.05) is 0 Å². The molecule has 0 bridgehead atoms. The molecule has 0 amide bonds. The molecule has 304 valence electrons. The van der Waals surface area contributed by atoms with E-state index in [1.165, 1.54) is 55.1 Å². The minimum absolute atomic E-state index is 0.535. The van der Waals surface area contributed by atoms with Crippen LogP contribution in [-0.4, -0.2) is 0 Å². The van der Waals surface area contributed by atoms with Crippen LogP contribution in [0, 0.1) is 0 Å². The van der Waals surface area contributed by atoms with E-state index in [0.29, 0.717) is 0 Å². The van der Waals surface area contributed by atoms with Gasteiger partial charge < -0.3 is 9.32 Å². The molecule has 1 heterocycles. The molecule has 13 rings (SSSR count). The van der Waals surface area contributed by atoms with Crippen LogP contribution in [0.2, 0.25) is 0 Å². The fourth-order valence-electron chi connectivity index (χ4n) is 10.8. The van der Waals surface area contributed by atoms with Crippen molar-refractivity contribution in [1.29, 1.82) is 0 Å². The van der Waals surface area contributed by atoms with Crippen molar-refractivity contribution in [2.75, 3.05) is 4.90 Å². The third-order valence-electron chi connectivity index (χ3n) is 13.7. The third kappa shape index (κ3) is 5.81. The SMILES string of the molecule is c1ccc(C2(c3ccccc3)c3ccccc3-c3ccc(N(c4cccc(-c5ccc6ccccc6c5)c4)c4cccc(-c5cccc6oc7c8ccccc8ccc7c56)c4)cc32)cc1. The van der Waals surface area contributed by atoms with Crippen LogP contribution < -0.4 is 4.90 Å². The zero-order chi connectivity index (χ0) is 42.9. The van der Waals surface area contributed by atoms with E-state index >= 15 is 0 Å². The van der Waals surface area contributed by atoms with Crippen LogP contribution in [0.3, 0.4) is 0 Å². The van der Waals surface area contributed by atoms with E-state index in [9.17, 15) is 0 Å². The predicted molar refractivity (Wildman–Crippen MR) is 272 cm³/mol. The number of hydrogen-bond acceptors (Lipinski definition) is 2. The second-order valence-corrected chi connectivity index (χ2v) is 17.2. The Labute approximate surface area is 377 Å². The third-order valence-corrected chi connectivity index (χ3v) is 13.7. The molecule has 0 aliphatic heterocycles. The number of benzene rings is 11. The summed E-state index contributed by atoms with van der Waals surface area (Å²) in [5, 5.41) is 7.01. The summed E-state index contributed by atoms with van der Waals surface area (Å²) in [7, 11) is 0. The van der Waals surface area contributed by atoms with Crippen molar-refractivity contribution >= 4 is 60.5 Å². The molecule has 0 fully saturated rings. The molecule has 1 aromatic heterocycles. The first-order valence-electron chi connectivity index (χ1n) is 22.4. The van der Waals surface area contributed by atoms with E-state index in [1.54, 1.807) is 0 Å². The zero-order valence-electron chi connectivity index (χ0n) is 35.5. The number of anilines is 3. The van der Waals surface area contributed by atoms with Gasteiger partial charge in [0.25, 0.3) is 0 Å². The Hall–Kier alpha value is -8.46. The van der Waals surface area contributed by atoms with Gasteiger partial charge in [-0.05, 0) is 126 Å². The Morgan fingerprint density at radius 3 is 1.71 bits per heavy atom. The lowest BCUT2D eigenvalue weighted by molar-refractivity contribution is 0.673. The smallest absolute Gasteiger partial charge is 0.143 e. The normalized spacial score (nSPS) is 12.7. The Morgan fingerprint density at radius 1 is 0.323 bits per heavy atom. The lowest BCUT2D eigenvalue weighted by Gasteiger charge is -2.35. The zero-order valence-corrected chi connectivity index (χ0v) is 35.5. The first-order valence-corrected chi connectivity index (χ1v) is 22.4. The van der Waals surface area contributed by atoms with Gasteiger partial charge in [0, 0.05) is 33.2 Å². The highest BCUT2D eigenvalue weighted by molar-refractivity contribution is 6.19. The summed E-state index contributed by atoms with van der Waals surface area (Å²) in [5.74, 6) is 0. The van der Waals surface area contributed by atoms with Gasteiger partial charge in [0.15, 0.2) is 0 Å². The van der Waals surface area contributed by atoms with Crippen LogP contribution in [0.25, 0.3) is 76.9 Å². The van der Waals surface area contributed by atoms with Crippen molar-refractivity contribution < 1.29 is 4.42 Å². The van der Waals surface area contributed by atoms with Crippen LogP contribution in [0.4, 0.5) is 17.1 Å².